The molecule has 3 aromatic rings. The van der Waals surface area contributed by atoms with Gasteiger partial charge in [0.2, 0.25) is 0 Å². The highest BCUT2D eigenvalue weighted by molar-refractivity contribution is 5.97. The van der Waals surface area contributed by atoms with Crippen LogP contribution < -0.4 is 9.64 Å². The van der Waals surface area contributed by atoms with E-state index < -0.39 is 0 Å². The van der Waals surface area contributed by atoms with Gasteiger partial charge in [-0.3, -0.25) is 4.79 Å². The van der Waals surface area contributed by atoms with Gasteiger partial charge < -0.3 is 19.0 Å². The molecule has 0 radical (unpaired) electrons. The summed E-state index contributed by atoms with van der Waals surface area (Å²) in [6.45, 7) is 4.52. The van der Waals surface area contributed by atoms with Crippen LogP contribution in [0, 0.1) is 0 Å². The van der Waals surface area contributed by atoms with E-state index in [4.69, 9.17) is 9.15 Å². The third kappa shape index (κ3) is 3.18. The Hall–Kier alpha value is -3.16. The molecule has 8 heteroatoms. The maximum absolute atomic E-state index is 12.9. The monoisotopic (exact) mass is 367 g/mol. The quantitative estimate of drug-likeness (QED) is 0.698. The number of nitrogens with zero attached hydrogens (tertiary/aromatic N) is 5. The highest BCUT2D eigenvalue weighted by Crippen LogP contribution is 2.25. The van der Waals surface area contributed by atoms with E-state index in [0.717, 1.165) is 5.82 Å². The van der Waals surface area contributed by atoms with E-state index in [0.29, 0.717) is 61.0 Å². The Morgan fingerprint density at radius 3 is 2.70 bits per heavy atom. The number of anilines is 1. The zero-order valence-electron chi connectivity index (χ0n) is 15.4. The van der Waals surface area contributed by atoms with Crippen LogP contribution in [0.2, 0.25) is 0 Å². The number of aryl methyl sites for hydroxylation is 1. The van der Waals surface area contributed by atoms with Gasteiger partial charge >= 0.3 is 0 Å². The average molecular weight is 367 g/mol. The van der Waals surface area contributed by atoms with Gasteiger partial charge in [0.05, 0.1) is 12.7 Å². The number of oxazole rings is 1. The van der Waals surface area contributed by atoms with Crippen LogP contribution in [0.1, 0.15) is 23.2 Å². The molecule has 1 aromatic carbocycles. The van der Waals surface area contributed by atoms with Gasteiger partial charge in [-0.2, -0.15) is 4.98 Å². The Morgan fingerprint density at radius 1 is 1.19 bits per heavy atom. The molecule has 1 aliphatic heterocycles. The van der Waals surface area contributed by atoms with E-state index in [1.165, 1.54) is 6.33 Å². The van der Waals surface area contributed by atoms with Crippen molar-refractivity contribution in [3.8, 4) is 5.75 Å². The molecule has 140 valence electrons. The number of carbonyl (C=O) groups excluding carboxylic acids is 1. The number of piperazine rings is 1. The van der Waals surface area contributed by atoms with Crippen LogP contribution in [0.3, 0.4) is 0 Å². The molecule has 1 saturated heterocycles. The fourth-order valence-electron chi connectivity index (χ4n) is 3.28. The molecule has 1 amide bonds. The molecular weight excluding hydrogens is 346 g/mol. The van der Waals surface area contributed by atoms with Gasteiger partial charge in [0.15, 0.2) is 17.2 Å². The van der Waals surface area contributed by atoms with Crippen molar-refractivity contribution >= 4 is 23.0 Å². The summed E-state index contributed by atoms with van der Waals surface area (Å²) >= 11 is 0. The first-order valence-corrected chi connectivity index (χ1v) is 8.99. The number of methoxy groups -OCH3 is 1. The Morgan fingerprint density at radius 2 is 1.96 bits per heavy atom. The molecule has 27 heavy (non-hydrogen) atoms. The molecule has 0 N–H and O–H groups in total. The van der Waals surface area contributed by atoms with E-state index in [1.807, 2.05) is 24.0 Å². The van der Waals surface area contributed by atoms with E-state index >= 15 is 0 Å². The van der Waals surface area contributed by atoms with Crippen LogP contribution in [0.4, 0.5) is 5.82 Å². The molecule has 3 heterocycles. The molecule has 0 spiro atoms. The minimum atomic E-state index is -0.0189. The standard InChI is InChI=1S/C19H21N5O3/c1-3-15-22-16-17(20-12-21-18(16)27-15)23-8-10-24(11-9-23)19(25)13-6-4-5-7-14(13)26-2/h4-7,12H,3,8-11H2,1-2H3. The Labute approximate surface area is 156 Å². The highest BCUT2D eigenvalue weighted by Gasteiger charge is 2.26. The number of fused-ring (bicyclic) bond motifs is 1. The van der Waals surface area contributed by atoms with Crippen molar-refractivity contribution < 1.29 is 13.9 Å². The van der Waals surface area contributed by atoms with E-state index in [9.17, 15) is 4.79 Å². The lowest BCUT2D eigenvalue weighted by Crippen LogP contribution is -2.49. The summed E-state index contributed by atoms with van der Waals surface area (Å²) in [7, 11) is 1.58. The van der Waals surface area contributed by atoms with Gasteiger partial charge in [-0.15, -0.1) is 0 Å². The summed E-state index contributed by atoms with van der Waals surface area (Å²) in [5.74, 6) is 1.98. The number of amides is 1. The molecule has 1 aliphatic rings. The Kier molecular flexibility index (Phi) is 4.62. The summed E-state index contributed by atoms with van der Waals surface area (Å²) in [6, 6.07) is 7.30. The van der Waals surface area contributed by atoms with E-state index in [-0.39, 0.29) is 5.91 Å². The largest absolute Gasteiger partial charge is 0.496 e. The van der Waals surface area contributed by atoms with Crippen LogP contribution in [-0.2, 0) is 6.42 Å². The van der Waals surface area contributed by atoms with Gasteiger partial charge in [0.25, 0.3) is 11.6 Å². The summed E-state index contributed by atoms with van der Waals surface area (Å²) in [4.78, 5) is 29.9. The summed E-state index contributed by atoms with van der Waals surface area (Å²) in [6.07, 6.45) is 2.20. The lowest BCUT2D eigenvalue weighted by atomic mass is 10.1. The van der Waals surface area contributed by atoms with Crippen molar-refractivity contribution in [2.45, 2.75) is 13.3 Å². The lowest BCUT2D eigenvalue weighted by Gasteiger charge is -2.35. The summed E-state index contributed by atoms with van der Waals surface area (Å²) < 4.78 is 10.9. The third-order valence-electron chi connectivity index (χ3n) is 4.73. The number of carbonyl (C=O) groups is 1. The van der Waals surface area contributed by atoms with Crippen LogP contribution in [-0.4, -0.2) is 59.0 Å². The summed E-state index contributed by atoms with van der Waals surface area (Å²) in [5.41, 5.74) is 1.77. The molecule has 0 unspecified atom stereocenters. The van der Waals surface area contributed by atoms with Crippen molar-refractivity contribution in [1.29, 1.82) is 0 Å². The minimum absolute atomic E-state index is 0.0189. The van der Waals surface area contributed by atoms with Crippen LogP contribution in [0.15, 0.2) is 35.0 Å². The SMILES string of the molecule is CCc1nc2c(N3CCN(C(=O)c4ccccc4OC)CC3)ncnc2o1. The molecular formula is C19H21N5O3. The van der Waals surface area contributed by atoms with E-state index in [1.54, 1.807) is 19.2 Å². The van der Waals surface area contributed by atoms with Crippen molar-refractivity contribution in [2.75, 3.05) is 38.2 Å². The molecule has 0 saturated carbocycles. The van der Waals surface area contributed by atoms with Crippen molar-refractivity contribution in [1.82, 2.24) is 19.9 Å². The minimum Gasteiger partial charge on any atom is -0.496 e. The number of benzene rings is 1. The van der Waals surface area contributed by atoms with Crippen LogP contribution >= 0.6 is 0 Å². The van der Waals surface area contributed by atoms with Gasteiger partial charge in [-0.05, 0) is 12.1 Å². The molecule has 0 atom stereocenters. The van der Waals surface area contributed by atoms with Crippen molar-refractivity contribution in [3.63, 3.8) is 0 Å². The third-order valence-corrected chi connectivity index (χ3v) is 4.73. The normalized spacial score (nSPS) is 14.6. The molecule has 4 rings (SSSR count). The van der Waals surface area contributed by atoms with Gasteiger partial charge in [-0.1, -0.05) is 19.1 Å². The van der Waals surface area contributed by atoms with Gasteiger partial charge in [0, 0.05) is 32.6 Å². The maximum Gasteiger partial charge on any atom is 0.257 e. The maximum atomic E-state index is 12.9. The second-order valence-electron chi connectivity index (χ2n) is 6.29. The van der Waals surface area contributed by atoms with Crippen LogP contribution in [0.25, 0.3) is 11.2 Å². The first kappa shape index (κ1) is 17.3. The number of hydrogen-bond donors (Lipinski definition) is 0. The predicted octanol–water partition coefficient (Wildman–Crippen LogP) is 2.15. The molecule has 0 bridgehead atoms. The Bertz CT molecular complexity index is 963. The zero-order valence-corrected chi connectivity index (χ0v) is 15.4. The number of aromatic nitrogens is 3. The topological polar surface area (TPSA) is 84.6 Å². The predicted molar refractivity (Wildman–Crippen MR) is 100 cm³/mol. The lowest BCUT2D eigenvalue weighted by molar-refractivity contribution is 0.0743. The molecule has 1 fully saturated rings. The van der Waals surface area contributed by atoms with Crippen LogP contribution in [0.5, 0.6) is 5.75 Å². The number of rotatable bonds is 4. The van der Waals surface area contributed by atoms with Crippen molar-refractivity contribution in [3.05, 3.63) is 42.0 Å². The summed E-state index contributed by atoms with van der Waals surface area (Å²) in [5, 5.41) is 0. The van der Waals surface area contributed by atoms with Gasteiger partial charge in [0.1, 0.15) is 12.1 Å². The average Bonchev–Trinajstić information content (AvgIpc) is 3.17. The zero-order chi connectivity index (χ0) is 18.8. The fourth-order valence-corrected chi connectivity index (χ4v) is 3.28. The molecule has 0 aliphatic carbocycles. The first-order chi connectivity index (χ1) is 13.2. The second-order valence-corrected chi connectivity index (χ2v) is 6.29. The van der Waals surface area contributed by atoms with E-state index in [2.05, 4.69) is 19.9 Å². The number of hydrogen-bond acceptors (Lipinski definition) is 7. The fraction of sp³-hybridized carbons (Fsp3) is 0.368. The van der Waals surface area contributed by atoms with Gasteiger partial charge in [-0.25, -0.2) is 9.97 Å². The smallest absolute Gasteiger partial charge is 0.257 e. The van der Waals surface area contributed by atoms with Crippen molar-refractivity contribution in [2.24, 2.45) is 0 Å². The molecule has 2 aromatic heterocycles. The second kappa shape index (κ2) is 7.22. The number of ether oxygens (including phenoxy) is 1. The first-order valence-electron chi connectivity index (χ1n) is 8.99. The molecule has 8 nitrogen and oxygen atoms in total. The Balaban J connectivity index is 1.51. The number of para-hydroxylation sites is 1. The highest BCUT2D eigenvalue weighted by atomic mass is 16.5.